The Morgan fingerprint density at radius 3 is 2.44 bits per heavy atom. The summed E-state index contributed by atoms with van der Waals surface area (Å²) in [6, 6.07) is 11.6. The highest BCUT2D eigenvalue weighted by Gasteiger charge is 2.03. The molecule has 0 saturated heterocycles. The van der Waals surface area contributed by atoms with Crippen molar-refractivity contribution in [2.24, 2.45) is 0 Å². The van der Waals surface area contributed by atoms with Gasteiger partial charge in [0.25, 0.3) is 0 Å². The van der Waals surface area contributed by atoms with Crippen LogP contribution in [0.15, 0.2) is 53.2 Å². The molecule has 0 radical (unpaired) electrons. The van der Waals surface area contributed by atoms with Gasteiger partial charge >= 0.3 is 0 Å². The normalized spacial score (nSPS) is 11.3. The molecule has 0 aliphatic rings. The van der Waals surface area contributed by atoms with E-state index in [1.807, 2.05) is 12.1 Å². The second kappa shape index (κ2) is 5.50. The summed E-state index contributed by atoms with van der Waals surface area (Å²) in [6.45, 7) is 4.32. The molecule has 0 amide bonds. The van der Waals surface area contributed by atoms with Crippen LogP contribution in [0.3, 0.4) is 0 Å². The van der Waals surface area contributed by atoms with Crippen LogP contribution in [0, 0.1) is 0 Å². The molecule has 0 N–H and O–H groups in total. The average molecular weight is 240 g/mol. The van der Waals surface area contributed by atoms with Crippen LogP contribution in [0.25, 0.3) is 6.08 Å². The summed E-state index contributed by atoms with van der Waals surface area (Å²) < 4.78 is 5.03. The molecule has 0 aliphatic carbocycles. The van der Waals surface area contributed by atoms with Crippen molar-refractivity contribution in [2.75, 3.05) is 0 Å². The van der Waals surface area contributed by atoms with Gasteiger partial charge in [0.15, 0.2) is 5.76 Å². The van der Waals surface area contributed by atoms with E-state index in [2.05, 4.69) is 26.0 Å². The predicted octanol–water partition coefficient (Wildman–Crippen LogP) is 4.30. The van der Waals surface area contributed by atoms with Crippen molar-refractivity contribution in [1.82, 2.24) is 0 Å². The van der Waals surface area contributed by atoms with Crippen LogP contribution in [0.2, 0.25) is 0 Å². The van der Waals surface area contributed by atoms with E-state index in [0.29, 0.717) is 11.7 Å². The molecule has 0 aliphatic heterocycles. The molecule has 2 nitrogen and oxygen atoms in total. The highest BCUT2D eigenvalue weighted by molar-refractivity contribution is 6.04. The molecule has 0 bridgehead atoms. The van der Waals surface area contributed by atoms with Gasteiger partial charge in [-0.05, 0) is 35.3 Å². The fraction of sp³-hybridized carbons (Fsp3) is 0.188. The van der Waals surface area contributed by atoms with E-state index in [1.165, 1.54) is 17.9 Å². The minimum atomic E-state index is -0.118. The molecule has 0 atom stereocenters. The third-order valence-corrected chi connectivity index (χ3v) is 2.79. The Morgan fingerprint density at radius 1 is 1.17 bits per heavy atom. The van der Waals surface area contributed by atoms with E-state index in [-0.39, 0.29) is 5.78 Å². The Balaban J connectivity index is 2.07. The van der Waals surface area contributed by atoms with Crippen molar-refractivity contribution in [3.8, 4) is 0 Å². The second-order valence-corrected chi connectivity index (χ2v) is 4.50. The maximum atomic E-state index is 11.7. The Kier molecular flexibility index (Phi) is 3.78. The lowest BCUT2D eigenvalue weighted by atomic mass is 10.0. The fourth-order valence-electron chi connectivity index (χ4n) is 1.66. The molecule has 0 spiro atoms. The van der Waals surface area contributed by atoms with Crippen LogP contribution in [-0.2, 0) is 0 Å². The summed E-state index contributed by atoms with van der Waals surface area (Å²) in [4.78, 5) is 11.7. The minimum Gasteiger partial charge on any atom is -0.461 e. The van der Waals surface area contributed by atoms with E-state index in [1.54, 1.807) is 18.2 Å². The Labute approximate surface area is 107 Å². The van der Waals surface area contributed by atoms with E-state index in [0.717, 1.165) is 5.56 Å². The van der Waals surface area contributed by atoms with Gasteiger partial charge in [-0.3, -0.25) is 4.79 Å². The molecule has 18 heavy (non-hydrogen) atoms. The van der Waals surface area contributed by atoms with Crippen molar-refractivity contribution >= 4 is 11.9 Å². The highest BCUT2D eigenvalue weighted by Crippen LogP contribution is 2.15. The molecule has 1 aromatic heterocycles. The number of allylic oxidation sites excluding steroid dienone is 1. The molecule has 0 fully saturated rings. The van der Waals surface area contributed by atoms with Crippen molar-refractivity contribution < 1.29 is 9.21 Å². The molecule has 2 rings (SSSR count). The maximum absolute atomic E-state index is 11.7. The number of hydrogen-bond donors (Lipinski definition) is 0. The quantitative estimate of drug-likeness (QED) is 0.589. The van der Waals surface area contributed by atoms with Crippen molar-refractivity contribution in [3.05, 3.63) is 65.6 Å². The SMILES string of the molecule is CC(C)c1ccc(C=CC(=O)c2ccco2)cc1. The molecular formula is C16H16O2. The third-order valence-electron chi connectivity index (χ3n) is 2.79. The molecular weight excluding hydrogens is 224 g/mol. The number of hydrogen-bond acceptors (Lipinski definition) is 2. The number of furan rings is 1. The van der Waals surface area contributed by atoms with Crippen LogP contribution in [-0.4, -0.2) is 5.78 Å². The van der Waals surface area contributed by atoms with Gasteiger partial charge < -0.3 is 4.42 Å². The summed E-state index contributed by atoms with van der Waals surface area (Å²) in [5, 5.41) is 0. The van der Waals surface area contributed by atoms with Gasteiger partial charge in [-0.25, -0.2) is 0 Å². The summed E-state index contributed by atoms with van der Waals surface area (Å²) in [6.07, 6.45) is 4.83. The first-order chi connectivity index (χ1) is 8.66. The first-order valence-corrected chi connectivity index (χ1v) is 6.02. The van der Waals surface area contributed by atoms with Gasteiger partial charge in [0.1, 0.15) is 0 Å². The predicted molar refractivity (Wildman–Crippen MR) is 72.6 cm³/mol. The van der Waals surface area contributed by atoms with Crippen LogP contribution < -0.4 is 0 Å². The number of benzene rings is 1. The van der Waals surface area contributed by atoms with Gasteiger partial charge in [-0.15, -0.1) is 0 Å². The van der Waals surface area contributed by atoms with Gasteiger partial charge in [0, 0.05) is 0 Å². The van der Waals surface area contributed by atoms with Crippen molar-refractivity contribution in [1.29, 1.82) is 0 Å². The molecule has 2 heteroatoms. The number of rotatable bonds is 4. The Hall–Kier alpha value is -2.09. The van der Waals surface area contributed by atoms with E-state index < -0.39 is 0 Å². The van der Waals surface area contributed by atoms with E-state index >= 15 is 0 Å². The standard InChI is InChI=1S/C16H16O2/c1-12(2)14-8-5-13(6-9-14)7-10-15(17)16-4-3-11-18-16/h3-12H,1-2H3. The molecule has 1 heterocycles. The van der Waals surface area contributed by atoms with Crippen molar-refractivity contribution in [2.45, 2.75) is 19.8 Å². The lowest BCUT2D eigenvalue weighted by Gasteiger charge is -2.04. The average Bonchev–Trinajstić information content (AvgIpc) is 2.90. The Bertz CT molecular complexity index is 531. The van der Waals surface area contributed by atoms with Crippen LogP contribution >= 0.6 is 0 Å². The summed E-state index contributed by atoms with van der Waals surface area (Å²) >= 11 is 0. The summed E-state index contributed by atoms with van der Waals surface area (Å²) in [5.41, 5.74) is 2.31. The molecule has 0 saturated carbocycles. The zero-order valence-electron chi connectivity index (χ0n) is 10.6. The van der Waals surface area contributed by atoms with Gasteiger partial charge in [0.2, 0.25) is 5.78 Å². The topological polar surface area (TPSA) is 30.2 Å². The summed E-state index contributed by atoms with van der Waals surface area (Å²) in [7, 11) is 0. The largest absolute Gasteiger partial charge is 0.461 e. The Morgan fingerprint density at radius 2 is 1.89 bits per heavy atom. The zero-order chi connectivity index (χ0) is 13.0. The van der Waals surface area contributed by atoms with E-state index in [9.17, 15) is 4.79 Å². The van der Waals surface area contributed by atoms with E-state index in [4.69, 9.17) is 4.42 Å². The first kappa shape index (κ1) is 12.4. The minimum absolute atomic E-state index is 0.118. The fourth-order valence-corrected chi connectivity index (χ4v) is 1.66. The number of ketones is 1. The molecule has 0 unspecified atom stereocenters. The van der Waals surface area contributed by atoms with Gasteiger partial charge in [0.05, 0.1) is 6.26 Å². The third kappa shape index (κ3) is 2.98. The van der Waals surface area contributed by atoms with Crippen molar-refractivity contribution in [3.63, 3.8) is 0 Å². The number of carbonyl (C=O) groups is 1. The maximum Gasteiger partial charge on any atom is 0.221 e. The van der Waals surface area contributed by atoms with Gasteiger partial charge in [-0.2, -0.15) is 0 Å². The zero-order valence-corrected chi connectivity index (χ0v) is 10.6. The lowest BCUT2D eigenvalue weighted by Crippen LogP contribution is -1.90. The summed E-state index contributed by atoms with van der Waals surface area (Å²) in [5.74, 6) is 0.769. The van der Waals surface area contributed by atoms with Crippen LogP contribution in [0.4, 0.5) is 0 Å². The highest BCUT2D eigenvalue weighted by atomic mass is 16.3. The first-order valence-electron chi connectivity index (χ1n) is 6.02. The molecule has 92 valence electrons. The van der Waals surface area contributed by atoms with Gasteiger partial charge in [-0.1, -0.05) is 44.2 Å². The van der Waals surface area contributed by atoms with Crippen LogP contribution in [0.5, 0.6) is 0 Å². The molecule has 1 aromatic carbocycles. The monoisotopic (exact) mass is 240 g/mol. The smallest absolute Gasteiger partial charge is 0.221 e. The lowest BCUT2D eigenvalue weighted by molar-refractivity contribution is 0.102. The molecule has 2 aromatic rings. The second-order valence-electron chi connectivity index (χ2n) is 4.50. The number of carbonyl (C=O) groups excluding carboxylic acids is 1. The van der Waals surface area contributed by atoms with Crippen LogP contribution in [0.1, 0.15) is 41.4 Å².